The quantitative estimate of drug-likeness (QED) is 0.604. The van der Waals surface area contributed by atoms with Crippen molar-refractivity contribution < 1.29 is 9.84 Å². The number of nitrogens with one attached hydrogen (secondary N) is 1. The van der Waals surface area contributed by atoms with Crippen LogP contribution in [0.1, 0.15) is 16.7 Å². The van der Waals surface area contributed by atoms with Gasteiger partial charge in [-0.3, -0.25) is 0 Å². The first-order valence-corrected chi connectivity index (χ1v) is 8.78. The largest absolute Gasteiger partial charge is 0.473 e. The maximum atomic E-state index is 9.65. The molecule has 0 radical (unpaired) electrons. The van der Waals surface area contributed by atoms with Crippen LogP contribution in [0, 0.1) is 11.3 Å². The minimum atomic E-state index is 0.109. The first-order valence-electron chi connectivity index (χ1n) is 8.78. The van der Waals surface area contributed by atoms with Crippen molar-refractivity contribution in [3.8, 4) is 23.1 Å². The SMILES string of the molecule is N#Cc1c(COc2ccc(CNCCO)cn2)cccc1-c1ccccc1. The highest BCUT2D eigenvalue weighted by molar-refractivity contribution is 5.72. The number of hydrogen-bond donors (Lipinski definition) is 2. The second-order valence-electron chi connectivity index (χ2n) is 6.01. The molecule has 5 nitrogen and oxygen atoms in total. The van der Waals surface area contributed by atoms with Crippen LogP contribution in [0.15, 0.2) is 66.9 Å². The van der Waals surface area contributed by atoms with Gasteiger partial charge in [-0.2, -0.15) is 5.26 Å². The van der Waals surface area contributed by atoms with Crippen molar-refractivity contribution in [3.63, 3.8) is 0 Å². The van der Waals surface area contributed by atoms with Crippen molar-refractivity contribution in [2.75, 3.05) is 13.2 Å². The molecule has 0 aliphatic rings. The Labute approximate surface area is 158 Å². The number of aromatic nitrogens is 1. The molecule has 0 fully saturated rings. The summed E-state index contributed by atoms with van der Waals surface area (Å²) in [6.07, 6.45) is 1.74. The number of aliphatic hydroxyl groups is 1. The lowest BCUT2D eigenvalue weighted by Gasteiger charge is -2.11. The zero-order chi connectivity index (χ0) is 18.9. The molecule has 5 heteroatoms. The first-order chi connectivity index (χ1) is 13.3. The number of ether oxygens (including phenoxy) is 1. The summed E-state index contributed by atoms with van der Waals surface area (Å²) in [4.78, 5) is 4.30. The summed E-state index contributed by atoms with van der Waals surface area (Å²) < 4.78 is 5.78. The first kappa shape index (κ1) is 18.6. The molecule has 0 atom stereocenters. The number of nitrogens with zero attached hydrogens (tertiary/aromatic N) is 2. The molecule has 2 aromatic carbocycles. The van der Waals surface area contributed by atoms with E-state index in [1.807, 2.05) is 60.7 Å². The molecule has 27 heavy (non-hydrogen) atoms. The van der Waals surface area contributed by atoms with Gasteiger partial charge in [0.1, 0.15) is 12.7 Å². The number of pyridine rings is 1. The minimum absolute atomic E-state index is 0.109. The highest BCUT2D eigenvalue weighted by atomic mass is 16.5. The van der Waals surface area contributed by atoms with Crippen molar-refractivity contribution in [3.05, 3.63) is 83.6 Å². The van der Waals surface area contributed by atoms with Gasteiger partial charge < -0.3 is 15.2 Å². The lowest BCUT2D eigenvalue weighted by atomic mass is 9.96. The molecule has 0 unspecified atom stereocenters. The highest BCUT2D eigenvalue weighted by Crippen LogP contribution is 2.26. The summed E-state index contributed by atoms with van der Waals surface area (Å²) in [6.45, 7) is 1.58. The Hall–Kier alpha value is -3.20. The van der Waals surface area contributed by atoms with Gasteiger partial charge >= 0.3 is 0 Å². The van der Waals surface area contributed by atoms with E-state index >= 15 is 0 Å². The predicted octanol–water partition coefficient (Wildman–Crippen LogP) is 3.28. The van der Waals surface area contributed by atoms with Crippen molar-refractivity contribution in [1.29, 1.82) is 5.26 Å². The van der Waals surface area contributed by atoms with Crippen LogP contribution in [0.25, 0.3) is 11.1 Å². The van der Waals surface area contributed by atoms with Crippen LogP contribution in [0.2, 0.25) is 0 Å². The molecule has 0 bridgehead atoms. The van der Waals surface area contributed by atoms with Crippen molar-refractivity contribution in [1.82, 2.24) is 10.3 Å². The Balaban J connectivity index is 1.70. The Morgan fingerprint density at radius 2 is 1.89 bits per heavy atom. The zero-order valence-electron chi connectivity index (χ0n) is 14.9. The molecule has 0 saturated heterocycles. The Bertz CT molecular complexity index is 903. The molecule has 1 heterocycles. The maximum Gasteiger partial charge on any atom is 0.213 e. The summed E-state index contributed by atoms with van der Waals surface area (Å²) in [5.41, 5.74) is 4.37. The van der Waals surface area contributed by atoms with E-state index < -0.39 is 0 Å². The van der Waals surface area contributed by atoms with Gasteiger partial charge in [0.25, 0.3) is 0 Å². The second kappa shape index (κ2) is 9.48. The predicted molar refractivity (Wildman–Crippen MR) is 104 cm³/mol. The smallest absolute Gasteiger partial charge is 0.213 e. The molecule has 3 aromatic rings. The van der Waals surface area contributed by atoms with E-state index in [4.69, 9.17) is 9.84 Å². The normalized spacial score (nSPS) is 10.4. The van der Waals surface area contributed by atoms with E-state index in [9.17, 15) is 5.26 Å². The zero-order valence-corrected chi connectivity index (χ0v) is 14.9. The van der Waals surface area contributed by atoms with Gasteiger partial charge in [0.2, 0.25) is 5.88 Å². The van der Waals surface area contributed by atoms with Gasteiger partial charge in [0.15, 0.2) is 0 Å². The van der Waals surface area contributed by atoms with Gasteiger partial charge in [-0.05, 0) is 16.7 Å². The number of aliphatic hydroxyl groups excluding tert-OH is 1. The third kappa shape index (κ3) is 4.91. The Morgan fingerprint density at radius 1 is 1.04 bits per heavy atom. The number of nitriles is 1. The standard InChI is InChI=1S/C22H21N3O2/c23-13-21-19(7-4-8-20(21)18-5-2-1-3-6-18)16-27-22-10-9-17(15-25-22)14-24-11-12-26/h1-10,15,24,26H,11-12,14,16H2. The molecule has 2 N–H and O–H groups in total. The lowest BCUT2D eigenvalue weighted by molar-refractivity contribution is 0.290. The van der Waals surface area contributed by atoms with Gasteiger partial charge in [0.05, 0.1) is 12.2 Å². The van der Waals surface area contributed by atoms with Crippen LogP contribution in [0.4, 0.5) is 0 Å². The molecular formula is C22H21N3O2. The molecule has 0 aliphatic heterocycles. The summed E-state index contributed by atoms with van der Waals surface area (Å²) in [5.74, 6) is 0.509. The summed E-state index contributed by atoms with van der Waals surface area (Å²) in [5, 5.41) is 21.5. The van der Waals surface area contributed by atoms with Gasteiger partial charge in [-0.1, -0.05) is 54.6 Å². The maximum absolute atomic E-state index is 9.65. The van der Waals surface area contributed by atoms with Crippen molar-refractivity contribution in [2.24, 2.45) is 0 Å². The van der Waals surface area contributed by atoms with Crippen molar-refractivity contribution >= 4 is 0 Å². The summed E-state index contributed by atoms with van der Waals surface area (Å²) in [6, 6.07) is 21.7. The van der Waals surface area contributed by atoms with E-state index in [0.29, 0.717) is 24.5 Å². The van der Waals surface area contributed by atoms with E-state index in [1.165, 1.54) is 0 Å². The Kier molecular flexibility index (Phi) is 6.53. The van der Waals surface area contributed by atoms with Crippen LogP contribution in [-0.2, 0) is 13.2 Å². The van der Waals surface area contributed by atoms with Crippen LogP contribution >= 0.6 is 0 Å². The van der Waals surface area contributed by atoms with Gasteiger partial charge in [-0.15, -0.1) is 0 Å². The molecule has 0 aliphatic carbocycles. The van der Waals surface area contributed by atoms with Crippen LogP contribution < -0.4 is 10.1 Å². The summed E-state index contributed by atoms with van der Waals surface area (Å²) in [7, 11) is 0. The highest BCUT2D eigenvalue weighted by Gasteiger charge is 2.10. The summed E-state index contributed by atoms with van der Waals surface area (Å²) >= 11 is 0. The topological polar surface area (TPSA) is 78.2 Å². The molecule has 136 valence electrons. The third-order valence-corrected chi connectivity index (χ3v) is 4.14. The van der Waals surface area contributed by atoms with Crippen LogP contribution in [0.3, 0.4) is 0 Å². The monoisotopic (exact) mass is 359 g/mol. The number of hydrogen-bond acceptors (Lipinski definition) is 5. The number of rotatable bonds is 8. The molecular weight excluding hydrogens is 338 g/mol. The van der Waals surface area contributed by atoms with Gasteiger partial charge in [-0.25, -0.2) is 4.98 Å². The minimum Gasteiger partial charge on any atom is -0.473 e. The lowest BCUT2D eigenvalue weighted by Crippen LogP contribution is -2.17. The molecule has 0 saturated carbocycles. The van der Waals surface area contributed by atoms with Crippen molar-refractivity contribution in [2.45, 2.75) is 13.2 Å². The number of benzene rings is 2. The van der Waals surface area contributed by atoms with Crippen LogP contribution in [0.5, 0.6) is 5.88 Å². The molecule has 3 rings (SSSR count). The molecule has 0 amide bonds. The Morgan fingerprint density at radius 3 is 2.59 bits per heavy atom. The van der Waals surface area contributed by atoms with E-state index in [0.717, 1.165) is 22.3 Å². The fourth-order valence-electron chi connectivity index (χ4n) is 2.78. The molecule has 1 aromatic heterocycles. The average molecular weight is 359 g/mol. The van der Waals surface area contributed by atoms with E-state index in [-0.39, 0.29) is 13.2 Å². The van der Waals surface area contributed by atoms with Crippen LogP contribution in [-0.4, -0.2) is 23.2 Å². The second-order valence-corrected chi connectivity index (χ2v) is 6.01. The van der Waals surface area contributed by atoms with E-state index in [1.54, 1.807) is 6.20 Å². The van der Waals surface area contributed by atoms with Gasteiger partial charge in [0, 0.05) is 30.9 Å². The third-order valence-electron chi connectivity index (χ3n) is 4.14. The fourth-order valence-corrected chi connectivity index (χ4v) is 2.78. The average Bonchev–Trinajstić information content (AvgIpc) is 2.73. The molecule has 0 spiro atoms. The fraction of sp³-hybridized carbons (Fsp3) is 0.182. The van der Waals surface area contributed by atoms with E-state index in [2.05, 4.69) is 16.4 Å².